The number of rotatable bonds is 23. The number of unbranched alkanes of at least 4 members (excludes halogenated alkanes) is 6. The van der Waals surface area contributed by atoms with Crippen molar-refractivity contribution in [2.45, 2.75) is 51.4 Å². The summed E-state index contributed by atoms with van der Waals surface area (Å²) in [6.07, 6.45) is 9.62. The molecule has 0 aliphatic carbocycles. The molecule has 0 heterocycles. The molecule has 3 rings (SSSR count). The van der Waals surface area contributed by atoms with Crippen LogP contribution >= 0.6 is 0 Å². The number of esters is 4. The van der Waals surface area contributed by atoms with Crippen molar-refractivity contribution < 1.29 is 52.4 Å². The van der Waals surface area contributed by atoms with E-state index in [9.17, 15) is 24.0 Å². The van der Waals surface area contributed by atoms with Crippen molar-refractivity contribution in [3.05, 3.63) is 109 Å². The normalized spacial score (nSPS) is 10.3. The summed E-state index contributed by atoms with van der Waals surface area (Å²) in [5.74, 6) is -0.826. The van der Waals surface area contributed by atoms with E-state index in [-0.39, 0.29) is 28.2 Å². The molecule has 11 nitrogen and oxygen atoms in total. The van der Waals surface area contributed by atoms with Crippen molar-refractivity contribution in [2.75, 3.05) is 26.4 Å². The van der Waals surface area contributed by atoms with Crippen LogP contribution in [0.4, 0.5) is 0 Å². The van der Waals surface area contributed by atoms with Gasteiger partial charge in [-0.1, -0.05) is 13.2 Å². The number of carbonyl (C=O) groups is 5. The van der Waals surface area contributed by atoms with Crippen LogP contribution in [0.1, 0.15) is 82.4 Å². The number of hydrogen-bond donors (Lipinski definition) is 0. The molecule has 0 bridgehead atoms. The maximum absolute atomic E-state index is 12.8. The summed E-state index contributed by atoms with van der Waals surface area (Å²) < 4.78 is 32.2. The topological polar surface area (TPSA) is 141 Å². The van der Waals surface area contributed by atoms with Crippen LogP contribution in [0.2, 0.25) is 0 Å². The standard InChI is InChI=1S/C39H42O11/c1-3-36(41)47-25-11-7-5-9-23-45-32-17-13-29(14-18-32)38(43)49-34-21-22-35(31(27-34)28-40)50-39(44)30-15-19-33(20-16-30)46-24-10-6-8-12-26-48-37(42)4-2/h3-4,13-22,27-28H,1-2,5-12,23-26H2. The van der Waals surface area contributed by atoms with Crippen LogP contribution < -0.4 is 18.9 Å². The van der Waals surface area contributed by atoms with Crippen LogP contribution in [0.15, 0.2) is 92.0 Å². The first-order valence-electron chi connectivity index (χ1n) is 16.4. The van der Waals surface area contributed by atoms with E-state index < -0.39 is 23.9 Å². The summed E-state index contributed by atoms with van der Waals surface area (Å²) >= 11 is 0. The van der Waals surface area contributed by atoms with Gasteiger partial charge in [-0.05, 0) is 118 Å². The Hall–Kier alpha value is -5.71. The smallest absolute Gasteiger partial charge is 0.343 e. The molecule has 0 aliphatic rings. The van der Waals surface area contributed by atoms with Gasteiger partial charge in [-0.3, -0.25) is 4.79 Å². The average molecular weight is 687 g/mol. The average Bonchev–Trinajstić information content (AvgIpc) is 3.14. The molecule has 0 fully saturated rings. The lowest BCUT2D eigenvalue weighted by molar-refractivity contribution is -0.138. The van der Waals surface area contributed by atoms with E-state index in [1.807, 2.05) is 0 Å². The summed E-state index contributed by atoms with van der Waals surface area (Å²) in [5.41, 5.74) is 0.574. The molecular weight excluding hydrogens is 644 g/mol. The summed E-state index contributed by atoms with van der Waals surface area (Å²) in [4.78, 5) is 59.3. The van der Waals surface area contributed by atoms with E-state index in [2.05, 4.69) is 13.2 Å². The third-order valence-corrected chi connectivity index (χ3v) is 7.14. The summed E-state index contributed by atoms with van der Waals surface area (Å²) in [5, 5.41) is 0. The zero-order valence-corrected chi connectivity index (χ0v) is 28.0. The minimum atomic E-state index is -0.671. The van der Waals surface area contributed by atoms with Gasteiger partial charge in [0.1, 0.15) is 23.0 Å². The Morgan fingerprint density at radius 1 is 0.520 bits per heavy atom. The Morgan fingerprint density at radius 2 is 0.940 bits per heavy atom. The summed E-state index contributed by atoms with van der Waals surface area (Å²) in [6.45, 7) is 8.44. The third kappa shape index (κ3) is 14.2. The van der Waals surface area contributed by atoms with Gasteiger partial charge in [0.2, 0.25) is 0 Å². The molecule has 3 aromatic rings. The highest BCUT2D eigenvalue weighted by atomic mass is 16.5. The minimum absolute atomic E-state index is 0.0158. The fourth-order valence-corrected chi connectivity index (χ4v) is 4.43. The second-order valence-electron chi connectivity index (χ2n) is 10.9. The second kappa shape index (κ2) is 22.0. The predicted octanol–water partition coefficient (Wildman–Crippen LogP) is 7.27. The van der Waals surface area contributed by atoms with Crippen molar-refractivity contribution in [3.8, 4) is 23.0 Å². The van der Waals surface area contributed by atoms with Crippen molar-refractivity contribution in [1.29, 1.82) is 0 Å². The fraction of sp³-hybridized carbons (Fsp3) is 0.308. The highest BCUT2D eigenvalue weighted by Crippen LogP contribution is 2.25. The number of aldehydes is 1. The van der Waals surface area contributed by atoms with E-state index in [1.54, 1.807) is 48.5 Å². The molecule has 0 amide bonds. The highest BCUT2D eigenvalue weighted by Gasteiger charge is 2.15. The Morgan fingerprint density at radius 3 is 1.38 bits per heavy atom. The monoisotopic (exact) mass is 686 g/mol. The Balaban J connectivity index is 1.39. The van der Waals surface area contributed by atoms with E-state index in [0.717, 1.165) is 63.5 Å². The van der Waals surface area contributed by atoms with E-state index in [0.29, 0.717) is 44.2 Å². The number of carbonyl (C=O) groups excluding carboxylic acids is 5. The van der Waals surface area contributed by atoms with Crippen molar-refractivity contribution in [3.63, 3.8) is 0 Å². The molecule has 50 heavy (non-hydrogen) atoms. The molecule has 0 atom stereocenters. The minimum Gasteiger partial charge on any atom is -0.494 e. The molecule has 3 aromatic carbocycles. The molecular formula is C39H42O11. The van der Waals surface area contributed by atoms with Crippen LogP contribution in [0.25, 0.3) is 0 Å². The molecule has 0 aromatic heterocycles. The fourth-order valence-electron chi connectivity index (χ4n) is 4.43. The zero-order valence-electron chi connectivity index (χ0n) is 28.0. The van der Waals surface area contributed by atoms with Gasteiger partial charge >= 0.3 is 23.9 Å². The van der Waals surface area contributed by atoms with Crippen LogP contribution in [-0.4, -0.2) is 56.6 Å². The van der Waals surface area contributed by atoms with Gasteiger partial charge in [0.15, 0.2) is 6.29 Å². The van der Waals surface area contributed by atoms with Gasteiger partial charge < -0.3 is 28.4 Å². The van der Waals surface area contributed by atoms with Crippen molar-refractivity contribution in [2.24, 2.45) is 0 Å². The summed E-state index contributed by atoms with van der Waals surface area (Å²) in [7, 11) is 0. The number of ether oxygens (including phenoxy) is 6. The molecule has 0 saturated carbocycles. The molecule has 0 radical (unpaired) electrons. The quantitative estimate of drug-likeness (QED) is 0.0327. The van der Waals surface area contributed by atoms with Crippen LogP contribution in [0, 0.1) is 0 Å². The van der Waals surface area contributed by atoms with Crippen LogP contribution in [-0.2, 0) is 19.1 Å². The van der Waals surface area contributed by atoms with Gasteiger partial charge in [-0.2, -0.15) is 0 Å². The lowest BCUT2D eigenvalue weighted by Gasteiger charge is -2.10. The molecule has 0 aliphatic heterocycles. The number of benzene rings is 3. The largest absolute Gasteiger partial charge is 0.494 e. The van der Waals surface area contributed by atoms with Gasteiger partial charge in [0, 0.05) is 12.2 Å². The predicted molar refractivity (Wildman–Crippen MR) is 185 cm³/mol. The first-order chi connectivity index (χ1) is 24.3. The molecule has 0 spiro atoms. The van der Waals surface area contributed by atoms with Gasteiger partial charge in [0.05, 0.1) is 43.1 Å². The molecule has 0 unspecified atom stereocenters. The van der Waals surface area contributed by atoms with Crippen molar-refractivity contribution >= 4 is 30.2 Å². The summed E-state index contributed by atoms with van der Waals surface area (Å²) in [6, 6.07) is 17.1. The molecule has 11 heteroatoms. The third-order valence-electron chi connectivity index (χ3n) is 7.14. The van der Waals surface area contributed by atoms with Gasteiger partial charge in [0.25, 0.3) is 0 Å². The van der Waals surface area contributed by atoms with Gasteiger partial charge in [-0.15, -0.1) is 0 Å². The van der Waals surface area contributed by atoms with Crippen LogP contribution in [0.5, 0.6) is 23.0 Å². The van der Waals surface area contributed by atoms with Crippen molar-refractivity contribution in [1.82, 2.24) is 0 Å². The zero-order chi connectivity index (χ0) is 36.0. The second-order valence-corrected chi connectivity index (χ2v) is 10.9. The Bertz CT molecular complexity index is 1580. The van der Waals surface area contributed by atoms with E-state index in [4.69, 9.17) is 28.4 Å². The lowest BCUT2D eigenvalue weighted by atomic mass is 10.2. The SMILES string of the molecule is C=CC(=O)OCCCCCCOc1ccc(C(=O)Oc2ccc(OC(=O)c3ccc(OCCCCCCOC(=O)C=C)cc3)c(C=O)c2)cc1. The lowest BCUT2D eigenvalue weighted by Crippen LogP contribution is -2.11. The first-order valence-corrected chi connectivity index (χ1v) is 16.4. The highest BCUT2D eigenvalue weighted by molar-refractivity contribution is 5.94. The number of hydrogen-bond acceptors (Lipinski definition) is 11. The van der Waals surface area contributed by atoms with E-state index >= 15 is 0 Å². The Labute approximate surface area is 291 Å². The molecule has 0 N–H and O–H groups in total. The maximum atomic E-state index is 12.8. The van der Waals surface area contributed by atoms with Gasteiger partial charge in [-0.25, -0.2) is 19.2 Å². The molecule has 264 valence electrons. The maximum Gasteiger partial charge on any atom is 0.343 e. The Kier molecular flexibility index (Phi) is 17.1. The van der Waals surface area contributed by atoms with E-state index in [1.165, 1.54) is 18.2 Å². The van der Waals surface area contributed by atoms with Crippen LogP contribution in [0.3, 0.4) is 0 Å². The molecule has 0 saturated heterocycles. The first kappa shape index (κ1) is 38.7.